The van der Waals surface area contributed by atoms with Crippen LogP contribution >= 0.6 is 0 Å². The number of rotatable bonds is 6. The normalized spacial score (nSPS) is 18.8. The molecule has 0 unspecified atom stereocenters. The first-order valence-electron chi connectivity index (χ1n) is 8.84. The van der Waals surface area contributed by atoms with E-state index in [-0.39, 0.29) is 6.61 Å². The number of ether oxygens (including phenoxy) is 2. The van der Waals surface area contributed by atoms with Crippen LogP contribution in [0, 0.1) is 6.92 Å². The second-order valence-electron chi connectivity index (χ2n) is 6.79. The molecular weight excluding hydrogens is 360 g/mol. The number of para-hydroxylation sites is 1. The number of urea groups is 1. The maximum absolute atomic E-state index is 12.8. The molecule has 0 aromatic heterocycles. The molecule has 1 heterocycles. The van der Waals surface area contributed by atoms with Crippen LogP contribution in [0.25, 0.3) is 0 Å². The van der Waals surface area contributed by atoms with Crippen LogP contribution < -0.4 is 10.1 Å². The smallest absolute Gasteiger partial charge is 0.326 e. The van der Waals surface area contributed by atoms with Gasteiger partial charge in [-0.3, -0.25) is 14.5 Å². The lowest BCUT2D eigenvalue weighted by Crippen LogP contribution is -2.41. The fraction of sp³-hybridized carbons (Fsp3) is 0.286. The third-order valence-electron chi connectivity index (χ3n) is 4.77. The average molecular weight is 382 g/mol. The van der Waals surface area contributed by atoms with Crippen LogP contribution in [0.1, 0.15) is 23.6 Å². The van der Waals surface area contributed by atoms with Gasteiger partial charge in [0.25, 0.3) is 5.91 Å². The van der Waals surface area contributed by atoms with Gasteiger partial charge in [-0.15, -0.1) is 0 Å². The highest BCUT2D eigenvalue weighted by atomic mass is 16.5. The molecule has 146 valence electrons. The predicted molar refractivity (Wildman–Crippen MR) is 102 cm³/mol. The first kappa shape index (κ1) is 19.4. The molecule has 2 aromatic carbocycles. The van der Waals surface area contributed by atoms with E-state index in [1.54, 1.807) is 37.3 Å². The third-order valence-corrected chi connectivity index (χ3v) is 4.77. The molecule has 7 heteroatoms. The van der Waals surface area contributed by atoms with Gasteiger partial charge in [-0.05, 0) is 25.5 Å². The summed E-state index contributed by atoms with van der Waals surface area (Å²) in [6.07, 6.45) is 0. The van der Waals surface area contributed by atoms with Crippen LogP contribution in [0.3, 0.4) is 0 Å². The molecule has 7 nitrogen and oxygen atoms in total. The molecule has 0 aliphatic carbocycles. The molecule has 0 spiro atoms. The van der Waals surface area contributed by atoms with E-state index in [9.17, 15) is 14.4 Å². The van der Waals surface area contributed by atoms with Crippen molar-refractivity contribution in [1.82, 2.24) is 10.2 Å². The molecule has 1 atom stereocenters. The number of nitrogens with one attached hydrogen (secondary N) is 1. The third kappa shape index (κ3) is 3.69. The van der Waals surface area contributed by atoms with Crippen molar-refractivity contribution in [3.8, 4) is 5.75 Å². The van der Waals surface area contributed by atoms with E-state index in [2.05, 4.69) is 5.32 Å². The van der Waals surface area contributed by atoms with Crippen LogP contribution in [0.4, 0.5) is 4.79 Å². The minimum Gasteiger partial charge on any atom is -0.496 e. The number of esters is 1. The van der Waals surface area contributed by atoms with Gasteiger partial charge in [-0.2, -0.15) is 0 Å². The Balaban J connectivity index is 1.67. The zero-order chi connectivity index (χ0) is 20.3. The standard InChI is InChI=1S/C21H22N2O5/c1-14-8-10-16(11-9-14)21(2)19(25)23(20(26)22-21)12-18(24)28-13-15-6-4-5-7-17(15)27-3/h4-11H,12-13H2,1-3H3,(H,22,26)/t21-/m0/s1. The van der Waals surface area contributed by atoms with Crippen LogP contribution in [0.5, 0.6) is 5.75 Å². The molecule has 1 aliphatic rings. The van der Waals surface area contributed by atoms with Gasteiger partial charge in [0.05, 0.1) is 7.11 Å². The summed E-state index contributed by atoms with van der Waals surface area (Å²) < 4.78 is 10.4. The summed E-state index contributed by atoms with van der Waals surface area (Å²) in [4.78, 5) is 38.3. The molecule has 3 amide bonds. The minimum absolute atomic E-state index is 0.0122. The molecule has 28 heavy (non-hydrogen) atoms. The van der Waals surface area contributed by atoms with Gasteiger partial charge in [0.15, 0.2) is 0 Å². The van der Waals surface area contributed by atoms with Crippen molar-refractivity contribution in [1.29, 1.82) is 0 Å². The first-order valence-corrected chi connectivity index (χ1v) is 8.84. The molecule has 0 bridgehead atoms. The second-order valence-corrected chi connectivity index (χ2v) is 6.79. The van der Waals surface area contributed by atoms with Gasteiger partial charge in [0.1, 0.15) is 24.4 Å². The Bertz CT molecular complexity index is 909. The van der Waals surface area contributed by atoms with Crippen molar-refractivity contribution in [3.63, 3.8) is 0 Å². The second kappa shape index (κ2) is 7.72. The lowest BCUT2D eigenvalue weighted by atomic mass is 9.91. The number of hydrogen-bond donors (Lipinski definition) is 1. The van der Waals surface area contributed by atoms with Crippen LogP contribution in [-0.4, -0.2) is 36.5 Å². The van der Waals surface area contributed by atoms with Gasteiger partial charge in [0, 0.05) is 5.56 Å². The van der Waals surface area contributed by atoms with Crippen molar-refractivity contribution in [3.05, 3.63) is 65.2 Å². The number of aryl methyl sites for hydroxylation is 1. The number of amides is 3. The van der Waals surface area contributed by atoms with Crippen LogP contribution in [0.2, 0.25) is 0 Å². The van der Waals surface area contributed by atoms with E-state index in [4.69, 9.17) is 9.47 Å². The molecule has 1 N–H and O–H groups in total. The highest BCUT2D eigenvalue weighted by molar-refractivity contribution is 6.08. The number of imide groups is 1. The quantitative estimate of drug-likeness (QED) is 0.613. The number of methoxy groups -OCH3 is 1. The van der Waals surface area contributed by atoms with Crippen molar-refractivity contribution in [2.75, 3.05) is 13.7 Å². The summed E-state index contributed by atoms with van der Waals surface area (Å²) in [5.74, 6) is -0.574. The summed E-state index contributed by atoms with van der Waals surface area (Å²) in [6, 6.07) is 13.8. The Kier molecular flexibility index (Phi) is 5.35. The Morgan fingerprint density at radius 2 is 1.79 bits per heavy atom. The lowest BCUT2D eigenvalue weighted by Gasteiger charge is -2.22. The zero-order valence-corrected chi connectivity index (χ0v) is 16.0. The molecule has 1 aliphatic heterocycles. The van der Waals surface area contributed by atoms with E-state index in [1.165, 1.54) is 7.11 Å². The van der Waals surface area contributed by atoms with E-state index in [1.807, 2.05) is 25.1 Å². The van der Waals surface area contributed by atoms with Gasteiger partial charge < -0.3 is 14.8 Å². The predicted octanol–water partition coefficient (Wildman–Crippen LogP) is 2.51. The van der Waals surface area contributed by atoms with Gasteiger partial charge in [-0.1, -0.05) is 48.0 Å². The Labute approximate surface area is 163 Å². The largest absolute Gasteiger partial charge is 0.496 e. The SMILES string of the molecule is COc1ccccc1COC(=O)CN1C(=O)N[C@@](C)(c2ccc(C)cc2)C1=O. The number of nitrogens with zero attached hydrogens (tertiary/aromatic N) is 1. The molecule has 2 aromatic rings. The molecule has 1 saturated heterocycles. The highest BCUT2D eigenvalue weighted by Crippen LogP contribution is 2.29. The zero-order valence-electron chi connectivity index (χ0n) is 16.0. The van der Waals surface area contributed by atoms with Crippen LogP contribution in [-0.2, 0) is 26.5 Å². The average Bonchev–Trinajstić information content (AvgIpc) is 2.91. The van der Waals surface area contributed by atoms with E-state index < -0.39 is 30.0 Å². The fourth-order valence-electron chi connectivity index (χ4n) is 3.08. The molecule has 0 radical (unpaired) electrons. The minimum atomic E-state index is -1.21. The first-order chi connectivity index (χ1) is 13.3. The molecule has 3 rings (SSSR count). The maximum Gasteiger partial charge on any atom is 0.326 e. The Hall–Kier alpha value is -3.35. The van der Waals surface area contributed by atoms with Gasteiger partial charge >= 0.3 is 12.0 Å². The number of benzene rings is 2. The summed E-state index contributed by atoms with van der Waals surface area (Å²) in [5.41, 5.74) is 1.18. The highest BCUT2D eigenvalue weighted by Gasteiger charge is 2.49. The maximum atomic E-state index is 12.8. The van der Waals surface area contributed by atoms with Gasteiger partial charge in [0.2, 0.25) is 0 Å². The molecule has 0 saturated carbocycles. The van der Waals surface area contributed by atoms with Crippen molar-refractivity contribution in [2.24, 2.45) is 0 Å². The van der Waals surface area contributed by atoms with E-state index in [0.717, 1.165) is 10.5 Å². The summed E-state index contributed by atoms with van der Waals surface area (Å²) in [5, 5.41) is 2.67. The van der Waals surface area contributed by atoms with Crippen molar-refractivity contribution < 1.29 is 23.9 Å². The van der Waals surface area contributed by atoms with Crippen molar-refractivity contribution in [2.45, 2.75) is 26.0 Å². The topological polar surface area (TPSA) is 84.9 Å². The fourth-order valence-corrected chi connectivity index (χ4v) is 3.08. The number of carbonyl (C=O) groups is 3. The monoisotopic (exact) mass is 382 g/mol. The van der Waals surface area contributed by atoms with E-state index >= 15 is 0 Å². The molecular formula is C21H22N2O5. The van der Waals surface area contributed by atoms with Crippen molar-refractivity contribution >= 4 is 17.9 Å². The summed E-state index contributed by atoms with van der Waals surface area (Å²) in [7, 11) is 1.53. The van der Waals surface area contributed by atoms with Gasteiger partial charge in [-0.25, -0.2) is 4.79 Å². The summed E-state index contributed by atoms with van der Waals surface area (Å²) >= 11 is 0. The number of carbonyl (C=O) groups excluding carboxylic acids is 3. The Morgan fingerprint density at radius 3 is 2.46 bits per heavy atom. The van der Waals surface area contributed by atoms with Crippen LogP contribution in [0.15, 0.2) is 48.5 Å². The summed E-state index contributed by atoms with van der Waals surface area (Å²) in [6.45, 7) is 3.09. The van der Waals surface area contributed by atoms with E-state index in [0.29, 0.717) is 16.9 Å². The lowest BCUT2D eigenvalue weighted by molar-refractivity contribution is -0.148. The number of hydrogen-bond acceptors (Lipinski definition) is 5. The Morgan fingerprint density at radius 1 is 1.11 bits per heavy atom. The molecule has 1 fully saturated rings.